The SMILES string of the molecule is O=C([O-])c1ccc(C[NH2+]Cc2cc(Br)ccc2OCc2ccccc2F)cc1. The lowest BCUT2D eigenvalue weighted by Gasteiger charge is -2.12. The van der Waals surface area contributed by atoms with E-state index in [0.29, 0.717) is 24.4 Å². The maximum absolute atomic E-state index is 13.8. The molecule has 0 saturated heterocycles. The van der Waals surface area contributed by atoms with E-state index in [1.807, 2.05) is 18.2 Å². The third-order valence-corrected chi connectivity index (χ3v) is 4.79. The number of carbonyl (C=O) groups excluding carboxylic acids is 1. The van der Waals surface area contributed by atoms with Crippen molar-refractivity contribution in [3.63, 3.8) is 0 Å². The van der Waals surface area contributed by atoms with Crippen LogP contribution in [-0.2, 0) is 19.7 Å². The number of benzene rings is 3. The molecule has 0 unspecified atom stereocenters. The Labute approximate surface area is 171 Å². The van der Waals surface area contributed by atoms with Gasteiger partial charge in [0.05, 0.1) is 5.97 Å². The van der Waals surface area contributed by atoms with Gasteiger partial charge in [-0.1, -0.05) is 58.4 Å². The van der Waals surface area contributed by atoms with Gasteiger partial charge in [-0.15, -0.1) is 0 Å². The molecular formula is C22H19BrFNO3. The van der Waals surface area contributed by atoms with Gasteiger partial charge in [0.15, 0.2) is 0 Å². The summed E-state index contributed by atoms with van der Waals surface area (Å²) >= 11 is 3.47. The molecular weight excluding hydrogens is 425 g/mol. The van der Waals surface area contributed by atoms with Crippen LogP contribution in [0.4, 0.5) is 4.39 Å². The molecule has 3 aromatic rings. The van der Waals surface area contributed by atoms with E-state index < -0.39 is 5.97 Å². The molecule has 0 bridgehead atoms. The van der Waals surface area contributed by atoms with Gasteiger partial charge in [0, 0.05) is 21.2 Å². The zero-order valence-corrected chi connectivity index (χ0v) is 16.6. The Morgan fingerprint density at radius 2 is 1.75 bits per heavy atom. The Balaban J connectivity index is 1.62. The third-order valence-electron chi connectivity index (χ3n) is 4.30. The summed E-state index contributed by atoms with van der Waals surface area (Å²) < 4.78 is 20.6. The van der Waals surface area contributed by atoms with Crippen molar-refractivity contribution in [2.24, 2.45) is 0 Å². The van der Waals surface area contributed by atoms with Gasteiger partial charge >= 0.3 is 0 Å². The highest BCUT2D eigenvalue weighted by atomic mass is 79.9. The van der Waals surface area contributed by atoms with Gasteiger partial charge in [-0.2, -0.15) is 0 Å². The van der Waals surface area contributed by atoms with Gasteiger partial charge in [-0.25, -0.2) is 4.39 Å². The minimum atomic E-state index is -1.18. The van der Waals surface area contributed by atoms with Crippen molar-refractivity contribution < 1.29 is 24.3 Å². The summed E-state index contributed by atoms with van der Waals surface area (Å²) in [5.41, 5.74) is 2.67. The molecule has 0 heterocycles. The maximum Gasteiger partial charge on any atom is 0.129 e. The Hall–Kier alpha value is -2.70. The second kappa shape index (κ2) is 9.48. The Morgan fingerprint density at radius 3 is 2.46 bits per heavy atom. The first-order chi connectivity index (χ1) is 13.5. The van der Waals surface area contributed by atoms with Crippen molar-refractivity contribution in [3.05, 3.63) is 99.3 Å². The van der Waals surface area contributed by atoms with Gasteiger partial charge in [0.1, 0.15) is 31.3 Å². The van der Waals surface area contributed by atoms with E-state index >= 15 is 0 Å². The largest absolute Gasteiger partial charge is 0.545 e. The first-order valence-electron chi connectivity index (χ1n) is 8.79. The monoisotopic (exact) mass is 443 g/mol. The molecule has 0 aromatic heterocycles. The summed E-state index contributed by atoms with van der Waals surface area (Å²) in [4.78, 5) is 10.8. The van der Waals surface area contributed by atoms with Crippen LogP contribution in [0.2, 0.25) is 0 Å². The van der Waals surface area contributed by atoms with E-state index in [4.69, 9.17) is 4.74 Å². The van der Waals surface area contributed by atoms with E-state index in [9.17, 15) is 14.3 Å². The van der Waals surface area contributed by atoms with Crippen molar-refractivity contribution in [1.82, 2.24) is 0 Å². The Bertz CT molecular complexity index is 960. The number of carboxylic acid groups (broad SMARTS) is 1. The lowest BCUT2D eigenvalue weighted by Crippen LogP contribution is -2.80. The number of hydrogen-bond donors (Lipinski definition) is 1. The predicted octanol–water partition coefficient (Wildman–Crippen LogP) is 2.79. The predicted molar refractivity (Wildman–Crippen MR) is 105 cm³/mol. The van der Waals surface area contributed by atoms with Gasteiger partial charge in [0.25, 0.3) is 0 Å². The van der Waals surface area contributed by atoms with Crippen molar-refractivity contribution in [1.29, 1.82) is 0 Å². The van der Waals surface area contributed by atoms with Crippen LogP contribution in [0.5, 0.6) is 5.75 Å². The van der Waals surface area contributed by atoms with E-state index in [0.717, 1.165) is 15.6 Å². The quantitative estimate of drug-likeness (QED) is 0.581. The summed E-state index contributed by atoms with van der Waals surface area (Å²) in [7, 11) is 0. The van der Waals surface area contributed by atoms with Gasteiger partial charge in [-0.05, 0) is 29.8 Å². The molecule has 3 rings (SSSR count). The average Bonchev–Trinajstić information content (AvgIpc) is 2.69. The molecule has 0 atom stereocenters. The molecule has 0 radical (unpaired) electrons. The number of halogens is 2. The average molecular weight is 444 g/mol. The summed E-state index contributed by atoms with van der Waals surface area (Å²) in [6.45, 7) is 1.51. The van der Waals surface area contributed by atoms with Gasteiger partial charge in [0.2, 0.25) is 0 Å². The molecule has 0 saturated carbocycles. The standard InChI is InChI=1S/C22H19BrFNO3/c23-19-9-10-21(28-14-17-3-1-2-4-20(17)24)18(11-19)13-25-12-15-5-7-16(8-6-15)22(26)27/h1-11,25H,12-14H2,(H,26,27). The summed E-state index contributed by atoms with van der Waals surface area (Å²) in [6.07, 6.45) is 0. The fourth-order valence-corrected chi connectivity index (χ4v) is 3.20. The summed E-state index contributed by atoms with van der Waals surface area (Å²) in [6, 6.07) is 18.9. The number of rotatable bonds is 8. The normalized spacial score (nSPS) is 10.6. The fourth-order valence-electron chi connectivity index (χ4n) is 2.79. The molecule has 4 nitrogen and oxygen atoms in total. The van der Waals surface area contributed by atoms with Gasteiger partial charge in [-0.3, -0.25) is 0 Å². The van der Waals surface area contributed by atoms with Crippen molar-refractivity contribution >= 4 is 21.9 Å². The van der Waals surface area contributed by atoms with E-state index in [2.05, 4.69) is 21.2 Å². The third kappa shape index (κ3) is 5.41. The smallest absolute Gasteiger partial charge is 0.129 e. The topological polar surface area (TPSA) is 66.0 Å². The number of nitrogens with two attached hydrogens (primary N) is 1. The number of ether oxygens (including phenoxy) is 1. The maximum atomic E-state index is 13.8. The highest BCUT2D eigenvalue weighted by molar-refractivity contribution is 9.10. The minimum absolute atomic E-state index is 0.159. The minimum Gasteiger partial charge on any atom is -0.545 e. The molecule has 28 heavy (non-hydrogen) atoms. The molecule has 144 valence electrons. The van der Waals surface area contributed by atoms with Crippen molar-refractivity contribution in [2.45, 2.75) is 19.7 Å². The number of hydrogen-bond acceptors (Lipinski definition) is 3. The van der Waals surface area contributed by atoms with Crippen LogP contribution in [0.1, 0.15) is 27.0 Å². The molecule has 6 heteroatoms. The van der Waals surface area contributed by atoms with Crippen LogP contribution in [-0.4, -0.2) is 5.97 Å². The Morgan fingerprint density at radius 1 is 1.00 bits per heavy atom. The number of carbonyl (C=O) groups is 1. The second-order valence-corrected chi connectivity index (χ2v) is 7.23. The molecule has 0 aliphatic carbocycles. The fraction of sp³-hybridized carbons (Fsp3) is 0.136. The molecule has 2 N–H and O–H groups in total. The van der Waals surface area contributed by atoms with Crippen LogP contribution in [0.15, 0.2) is 71.2 Å². The van der Waals surface area contributed by atoms with Crippen LogP contribution in [0.25, 0.3) is 0 Å². The van der Waals surface area contributed by atoms with Crippen molar-refractivity contribution in [3.8, 4) is 5.75 Å². The molecule has 0 aliphatic heterocycles. The number of carboxylic acids is 1. The highest BCUT2D eigenvalue weighted by Crippen LogP contribution is 2.24. The highest BCUT2D eigenvalue weighted by Gasteiger charge is 2.09. The zero-order valence-electron chi connectivity index (χ0n) is 15.0. The second-order valence-electron chi connectivity index (χ2n) is 6.31. The molecule has 0 amide bonds. The molecule has 3 aromatic carbocycles. The van der Waals surface area contributed by atoms with E-state index in [1.54, 1.807) is 42.5 Å². The molecule has 0 fully saturated rings. The first-order valence-corrected chi connectivity index (χ1v) is 9.59. The molecule has 0 spiro atoms. The van der Waals surface area contributed by atoms with Crippen LogP contribution in [0.3, 0.4) is 0 Å². The summed E-state index contributed by atoms with van der Waals surface area (Å²) in [5, 5.41) is 12.9. The van der Waals surface area contributed by atoms with Gasteiger partial charge < -0.3 is 20.0 Å². The Kier molecular flexibility index (Phi) is 6.79. The zero-order chi connectivity index (χ0) is 19.9. The lowest BCUT2D eigenvalue weighted by molar-refractivity contribution is -0.686. The number of aromatic carboxylic acids is 1. The van der Waals surface area contributed by atoms with Crippen LogP contribution >= 0.6 is 15.9 Å². The first kappa shape index (κ1) is 20.0. The summed E-state index contributed by atoms with van der Waals surface area (Å²) in [5.74, 6) is -0.760. The van der Waals surface area contributed by atoms with Crippen LogP contribution < -0.4 is 15.2 Å². The van der Waals surface area contributed by atoms with Crippen molar-refractivity contribution in [2.75, 3.05) is 0 Å². The van der Waals surface area contributed by atoms with Crippen LogP contribution in [0, 0.1) is 5.82 Å². The number of quaternary nitrogens is 1. The van der Waals surface area contributed by atoms with E-state index in [-0.39, 0.29) is 18.0 Å². The van der Waals surface area contributed by atoms with E-state index in [1.165, 1.54) is 6.07 Å². The molecule has 0 aliphatic rings. The lowest BCUT2D eigenvalue weighted by atomic mass is 10.1.